The largest absolute Gasteiger partial charge is 0.508 e. The number of aromatic hydroxyl groups is 2. The zero-order valence-electron chi connectivity index (χ0n) is 83.9. The Labute approximate surface area is 810 Å². The second-order valence-electron chi connectivity index (χ2n) is 38.3. The number of aliphatic hydroxyl groups is 4. The molecule has 0 spiro atoms. The summed E-state index contributed by atoms with van der Waals surface area (Å²) < 4.78 is 34.7. The molecule has 0 aliphatic carbocycles. The van der Waals surface area contributed by atoms with Crippen LogP contribution in [0.5, 0.6) is 11.5 Å². The minimum atomic E-state index is -3.31. The van der Waals surface area contributed by atoms with Gasteiger partial charge in [-0.05, 0) is 168 Å². The summed E-state index contributed by atoms with van der Waals surface area (Å²) in [5.41, 5.74) is 8.16. The molecule has 4 bridgehead atoms. The van der Waals surface area contributed by atoms with Gasteiger partial charge in [-0.1, -0.05) is 182 Å². The van der Waals surface area contributed by atoms with Gasteiger partial charge in [0, 0.05) is 95.7 Å². The first-order valence-corrected chi connectivity index (χ1v) is 49.9. The van der Waals surface area contributed by atoms with Crippen LogP contribution in [0.2, 0.25) is 0 Å². The predicted octanol–water partition coefficient (Wildman–Crippen LogP) is 9.84. The summed E-state index contributed by atoms with van der Waals surface area (Å²) in [6.07, 6.45) is 14.1. The smallest absolute Gasteiger partial charge is 0.340 e. The normalized spacial score (nSPS) is 26.0. The van der Waals surface area contributed by atoms with Gasteiger partial charge < -0.3 is 89.8 Å². The maximum Gasteiger partial charge on any atom is 0.340 e. The fourth-order valence-corrected chi connectivity index (χ4v) is 17.5. The maximum atomic E-state index is 14.4. The van der Waals surface area contributed by atoms with Crippen LogP contribution in [0.3, 0.4) is 0 Å². The molecular formula is C102H157N10O24P. The quantitative estimate of drug-likeness (QED) is 0.0110. The molecule has 12 N–H and O–H groups in total. The van der Waals surface area contributed by atoms with E-state index in [4.69, 9.17) is 18.5 Å². The lowest BCUT2D eigenvalue weighted by Crippen LogP contribution is -2.62. The molecule has 35 heteroatoms. The molecule has 4 aliphatic heterocycles. The van der Waals surface area contributed by atoms with Gasteiger partial charge in [0.15, 0.2) is 0 Å². The topological polar surface area (TPSA) is 482 Å². The Morgan fingerprint density at radius 3 is 1.26 bits per heavy atom. The van der Waals surface area contributed by atoms with Crippen LogP contribution in [0.4, 0.5) is 0 Å². The van der Waals surface area contributed by atoms with Crippen molar-refractivity contribution in [2.75, 3.05) is 58.6 Å². The van der Waals surface area contributed by atoms with E-state index in [9.17, 15) is 97.5 Å². The second-order valence-corrected chi connectivity index (χ2v) is 40.4. The number of ether oxygens (including phenoxy) is 2. The van der Waals surface area contributed by atoms with Gasteiger partial charge in [0.05, 0.1) is 49.5 Å². The summed E-state index contributed by atoms with van der Waals surface area (Å²) in [7, 11) is -3.31. The van der Waals surface area contributed by atoms with E-state index < -0.39 is 163 Å². The number of phenols is 2. The number of rotatable bonds is 31. The molecule has 4 heterocycles. The molecule has 764 valence electrons. The van der Waals surface area contributed by atoms with Crippen molar-refractivity contribution in [3.05, 3.63) is 144 Å². The van der Waals surface area contributed by atoms with E-state index in [1.165, 1.54) is 72.4 Å². The molecule has 0 radical (unpaired) electrons. The number of cyclic esters (lactones) is 2. The molecule has 2 fully saturated rings. The van der Waals surface area contributed by atoms with Gasteiger partial charge in [-0.25, -0.2) is 10.9 Å². The van der Waals surface area contributed by atoms with Crippen LogP contribution in [0.25, 0.3) is 0 Å². The number of hydrogen-bond acceptors (Lipinski definition) is 26. The summed E-state index contributed by atoms with van der Waals surface area (Å²) in [4.78, 5) is 176. The van der Waals surface area contributed by atoms with Crippen LogP contribution in [-0.2, 0) is 98.3 Å². The van der Waals surface area contributed by atoms with Gasteiger partial charge in [-0.15, -0.1) is 0 Å². The van der Waals surface area contributed by atoms with Crippen LogP contribution in [-0.4, -0.2) is 259 Å². The molecule has 137 heavy (non-hydrogen) atoms. The van der Waals surface area contributed by atoms with E-state index >= 15 is 0 Å². The molecule has 2 aromatic rings. The third-order valence-corrected chi connectivity index (χ3v) is 25.4. The average Bonchev–Trinajstić information content (AvgIpc) is 0.826. The lowest BCUT2D eigenvalue weighted by atomic mass is 9.84. The number of esters is 2. The van der Waals surface area contributed by atoms with Crippen LogP contribution in [0.15, 0.2) is 133 Å². The Morgan fingerprint density at radius 1 is 0.533 bits per heavy atom. The summed E-state index contributed by atoms with van der Waals surface area (Å²) in [6, 6.07) is 5.84. The fourth-order valence-electron chi connectivity index (χ4n) is 15.9. The number of benzene rings is 2. The van der Waals surface area contributed by atoms with Crippen molar-refractivity contribution in [3.8, 4) is 11.5 Å². The van der Waals surface area contributed by atoms with E-state index in [2.05, 4.69) is 87.5 Å². The number of fused-ring (bicyclic) bond motifs is 4. The highest BCUT2D eigenvalue weighted by atomic mass is 31.2. The number of aliphatic hydroxyl groups excluding tert-OH is 4. The zero-order chi connectivity index (χ0) is 103. The predicted molar refractivity (Wildman–Crippen MR) is 522 cm³/mol. The number of Topliss-reactive ketones (excluding diaryl/α,β-unsaturated/α-hetero) is 2. The van der Waals surface area contributed by atoms with Gasteiger partial charge in [0.2, 0.25) is 35.4 Å². The first-order valence-electron chi connectivity index (χ1n) is 48.2. The fraction of sp³-hybridized carbons (Fsp3) is 0.618. The number of hydrogen-bond donors (Lipinski definition) is 12. The molecule has 34 nitrogen and oxygen atoms in total. The monoisotopic (exact) mass is 1940 g/mol. The van der Waals surface area contributed by atoms with Gasteiger partial charge in [0.25, 0.3) is 11.8 Å². The Balaban J connectivity index is 0.000000482. The first kappa shape index (κ1) is 119. The summed E-state index contributed by atoms with van der Waals surface area (Å²) in [5, 5.41) is 78.9. The van der Waals surface area contributed by atoms with Crippen molar-refractivity contribution in [2.45, 2.75) is 288 Å². The number of carbonyl (C=O) groups is 13. The number of phenolic OH excluding ortho intramolecular Hbond substituents is 2. The number of hydrazine groups is 2. The van der Waals surface area contributed by atoms with Crippen molar-refractivity contribution >= 4 is 84.6 Å². The van der Waals surface area contributed by atoms with Crippen LogP contribution >= 0.6 is 7.60 Å². The van der Waals surface area contributed by atoms with Crippen LogP contribution in [0.1, 0.15) is 214 Å². The van der Waals surface area contributed by atoms with E-state index in [1.807, 2.05) is 4.90 Å². The SMILES string of the molecule is CC(=O)CC[C@H]1C(=O)N[C@@H](C(C)C)C(=O)N[C@@H](Cc2cccc(O)c2)C(=O)N2CCCC(N2)C(=O)O[C@H](/C(C)=C/C=C/C(=O)N(CC(C)C)CC(C)C)C/C=C/C=C/[C@H](O)[C@H](C)[C@H]1O.CC(=O)CC[C@H]1C(=O)N[C@@H](C(C)C)C(=O)N[C@@H](Cc2cccc(O)c2)C(=O)N2CCCC(N2)C(=O)O[C@H](/C(C)=C/C=O)C/C=C/C=C/[C@H](O)[C@H](C)[C@H]1O.CCOP(=O)(CC(=O)N(CC(C)C)CC(C)C)OCC. The molecule has 0 saturated carbocycles. The molecule has 6 rings (SSSR count). The standard InChI is InChI=1S/C49H73N5O10.C39H54N4O10.C14H30NO4P/c1-30(2)28-53(29-31(3)4)43(58)22-13-16-33(7)42-21-12-10-11-20-41(57)35(9)45(59)38(24-23-34(8)55)46(60)51-44(32(5)6)47(61)50-40(27-36-17-14-18-37(56)26-36)48(62)54-25-15-19-39(52-54)49(63)64-42;1-23(2)34-37(50)40-31(22-27-11-9-12-28(46)21-27)38(51)43-19-10-13-30(42-43)39(52)53-33(24(3)18-20-44)15-8-6-7-14-32(47)26(5)35(48)29(36(49)41-34)17-16-25(4)45;1-7-18-20(17,19-8-2)11-14(16)15(9-12(3)4)10-13(5)6/h10-14,16-18,20,22,26,30-32,35,38-42,44-45,52,56-57,59H,15,19,21,23-25,27-29H2,1-9H3,(H,50,61)(H,51,60);6-9,11-12,14,18,20-21,23,26,29-35,42,46-48H,10,13,15-17,19,22H2,1-5H3,(H,40,50)(H,41,49);12-13H,7-11H2,1-6H3/b12-10+,20-11+,22-13+,33-16+;8-6+,14-7+,24-18+;/t35-,38+,39?,40-,41-,42-,44-,45+;26-,29+,30?,31-,32-,33-,34-,35+;/m00./s1. The van der Waals surface area contributed by atoms with Gasteiger partial charge in [-0.2, -0.15) is 0 Å². The molecule has 8 amide bonds. The number of aldehydes is 1. The zero-order valence-corrected chi connectivity index (χ0v) is 84.8. The summed E-state index contributed by atoms with van der Waals surface area (Å²) in [6.45, 7) is 39.6. The third kappa shape index (κ3) is 42.2. The van der Waals surface area contributed by atoms with E-state index in [1.54, 1.807) is 147 Å². The second kappa shape index (κ2) is 60.6. The number of nitrogens with one attached hydrogen (secondary N) is 6. The highest BCUT2D eigenvalue weighted by molar-refractivity contribution is 7.54. The lowest BCUT2D eigenvalue weighted by molar-refractivity contribution is -0.157. The van der Waals surface area contributed by atoms with Crippen molar-refractivity contribution in [3.63, 3.8) is 0 Å². The van der Waals surface area contributed by atoms with E-state index in [-0.39, 0.29) is 131 Å². The highest BCUT2D eigenvalue weighted by Crippen LogP contribution is 2.48. The molecule has 2 unspecified atom stereocenters. The summed E-state index contributed by atoms with van der Waals surface area (Å²) >= 11 is 0. The minimum Gasteiger partial charge on any atom is -0.508 e. The Kier molecular flexibility index (Phi) is 52.7. The summed E-state index contributed by atoms with van der Waals surface area (Å²) in [5.74, 6) is -9.70. The van der Waals surface area contributed by atoms with E-state index in [0.29, 0.717) is 92.3 Å². The molecule has 0 aromatic heterocycles. The van der Waals surface area contributed by atoms with Crippen molar-refractivity contribution in [1.82, 2.24) is 51.9 Å². The maximum absolute atomic E-state index is 14.4. The average molecular weight is 1940 g/mol. The number of ketones is 2. The Hall–Kier alpha value is -10.2. The highest BCUT2D eigenvalue weighted by Gasteiger charge is 2.43. The molecule has 2 aromatic carbocycles. The van der Waals surface area contributed by atoms with E-state index in [0.717, 1.165) is 0 Å². The Bertz CT molecular complexity index is 4510. The van der Waals surface area contributed by atoms with Gasteiger partial charge >= 0.3 is 19.5 Å². The third-order valence-electron chi connectivity index (χ3n) is 23.4. The van der Waals surface area contributed by atoms with Gasteiger partial charge in [-0.3, -0.25) is 67.3 Å². The van der Waals surface area contributed by atoms with Crippen molar-refractivity contribution < 1.29 is 116 Å². The van der Waals surface area contributed by atoms with Gasteiger partial charge in [0.1, 0.15) is 84.0 Å². The Morgan fingerprint density at radius 2 is 0.912 bits per heavy atom. The number of amides is 8. The number of allylic oxidation sites excluding steroid dienone is 7. The lowest BCUT2D eigenvalue weighted by Gasteiger charge is -2.36. The van der Waals surface area contributed by atoms with Crippen LogP contribution < -0.4 is 32.1 Å². The minimum absolute atomic E-state index is 0.0247. The first-order chi connectivity index (χ1) is 64.5. The molecule has 4 aliphatic rings. The molecule has 2 saturated heterocycles. The van der Waals surface area contributed by atoms with Crippen molar-refractivity contribution in [1.29, 1.82) is 0 Å². The van der Waals surface area contributed by atoms with Crippen molar-refractivity contribution in [2.24, 2.45) is 59.2 Å². The number of nitrogens with zero attached hydrogens (tertiary/aromatic N) is 4. The molecular weight excluding hydrogens is 1780 g/mol. The number of carbonyl (C=O) groups excluding carboxylic acids is 13. The van der Waals surface area contributed by atoms with Crippen LogP contribution in [0, 0.1) is 59.2 Å². The molecule has 16 atom stereocenters.